The minimum absolute atomic E-state index is 0.532. The molecule has 0 unspecified atom stereocenters. The summed E-state index contributed by atoms with van der Waals surface area (Å²) in [5.74, 6) is 0. The number of anilines is 1. The van der Waals surface area contributed by atoms with E-state index in [-0.39, 0.29) is 0 Å². The van der Waals surface area contributed by atoms with Crippen LogP contribution in [0.25, 0.3) is 0 Å². The summed E-state index contributed by atoms with van der Waals surface area (Å²) in [4.78, 5) is 0.883. The first kappa shape index (κ1) is 12.8. The van der Waals surface area contributed by atoms with Gasteiger partial charge in [0.2, 0.25) is 0 Å². The summed E-state index contributed by atoms with van der Waals surface area (Å²) >= 11 is 6.18. The minimum atomic E-state index is 0.532. The zero-order chi connectivity index (χ0) is 11.8. The van der Waals surface area contributed by atoms with Crippen molar-refractivity contribution in [1.29, 1.82) is 5.26 Å². The van der Waals surface area contributed by atoms with Crippen LogP contribution >= 0.6 is 24.0 Å². The first-order valence-electron chi connectivity index (χ1n) is 4.67. The summed E-state index contributed by atoms with van der Waals surface area (Å²) < 4.78 is 0. The molecule has 6 heteroatoms. The third-order valence-electron chi connectivity index (χ3n) is 1.69. The maximum Gasteiger partial charge on any atom is 0.170 e. The number of hydrogen-bond donors (Lipinski definition) is 3. The molecule has 0 atom stereocenters. The molecule has 0 spiro atoms. The summed E-state index contributed by atoms with van der Waals surface area (Å²) in [6.45, 7) is 1.17. The van der Waals surface area contributed by atoms with Crippen molar-refractivity contribution < 1.29 is 0 Å². The van der Waals surface area contributed by atoms with Gasteiger partial charge in [0.1, 0.15) is 5.40 Å². The maximum atomic E-state index is 8.55. The Morgan fingerprint density at radius 2 is 2.38 bits per heavy atom. The van der Waals surface area contributed by atoms with E-state index >= 15 is 0 Å². The second-order valence-electron chi connectivity index (χ2n) is 2.89. The Labute approximate surface area is 104 Å². The van der Waals surface area contributed by atoms with Crippen molar-refractivity contribution in [2.75, 3.05) is 18.4 Å². The second kappa shape index (κ2) is 7.06. The molecule has 16 heavy (non-hydrogen) atoms. The number of nitrogens with one attached hydrogen (secondary N) is 2. The Kier molecular flexibility index (Phi) is 5.64. The van der Waals surface area contributed by atoms with Crippen LogP contribution in [0.1, 0.15) is 0 Å². The predicted molar refractivity (Wildman–Crippen MR) is 71.2 cm³/mol. The monoisotopic (exact) mass is 252 g/mol. The standard InChI is InChI=1S/C10H12N4S2/c11-4-5-13-10(15)14-8-2-1-3-9(6-8)16-7-12/h1-3,6H,4-5,11H2,(H2,13,14,15). The van der Waals surface area contributed by atoms with E-state index in [0.29, 0.717) is 18.2 Å². The van der Waals surface area contributed by atoms with Crippen LogP contribution < -0.4 is 16.4 Å². The predicted octanol–water partition coefficient (Wildman–Crippen LogP) is 1.50. The molecule has 4 nitrogen and oxygen atoms in total. The number of thiocyanates is 1. The average Bonchev–Trinajstić information content (AvgIpc) is 2.27. The average molecular weight is 252 g/mol. The van der Waals surface area contributed by atoms with Crippen LogP contribution in [0.5, 0.6) is 0 Å². The molecular weight excluding hydrogens is 240 g/mol. The molecule has 0 amide bonds. The third-order valence-corrected chi connectivity index (χ3v) is 2.51. The highest BCUT2D eigenvalue weighted by atomic mass is 32.2. The van der Waals surface area contributed by atoms with Gasteiger partial charge in [-0.25, -0.2) is 0 Å². The minimum Gasteiger partial charge on any atom is -0.361 e. The van der Waals surface area contributed by atoms with Crippen LogP contribution in [0, 0.1) is 10.7 Å². The Hall–Kier alpha value is -1.29. The van der Waals surface area contributed by atoms with Crippen LogP contribution in [0.2, 0.25) is 0 Å². The molecule has 0 heterocycles. The number of nitriles is 1. The van der Waals surface area contributed by atoms with E-state index in [1.807, 2.05) is 29.7 Å². The van der Waals surface area contributed by atoms with E-state index in [0.717, 1.165) is 22.3 Å². The largest absolute Gasteiger partial charge is 0.361 e. The lowest BCUT2D eigenvalue weighted by Gasteiger charge is -2.09. The van der Waals surface area contributed by atoms with Crippen molar-refractivity contribution in [3.63, 3.8) is 0 Å². The number of thioether (sulfide) groups is 1. The third kappa shape index (κ3) is 4.49. The van der Waals surface area contributed by atoms with Crippen molar-refractivity contribution in [3.05, 3.63) is 24.3 Å². The van der Waals surface area contributed by atoms with E-state index in [9.17, 15) is 0 Å². The Balaban J connectivity index is 2.56. The smallest absolute Gasteiger partial charge is 0.170 e. The summed E-state index contributed by atoms with van der Waals surface area (Å²) in [6.07, 6.45) is 0. The van der Waals surface area contributed by atoms with Gasteiger partial charge in [0.05, 0.1) is 0 Å². The van der Waals surface area contributed by atoms with Gasteiger partial charge in [-0.05, 0) is 42.2 Å². The van der Waals surface area contributed by atoms with E-state index in [1.54, 1.807) is 0 Å². The normalized spacial score (nSPS) is 9.25. The molecule has 0 bridgehead atoms. The molecule has 0 radical (unpaired) electrons. The van der Waals surface area contributed by atoms with Gasteiger partial charge in [-0.15, -0.1) is 0 Å². The highest BCUT2D eigenvalue weighted by Gasteiger charge is 1.98. The number of rotatable bonds is 4. The van der Waals surface area contributed by atoms with Gasteiger partial charge in [-0.2, -0.15) is 5.26 Å². The first-order chi connectivity index (χ1) is 7.76. The summed E-state index contributed by atoms with van der Waals surface area (Å²) in [6, 6.07) is 7.49. The zero-order valence-corrected chi connectivity index (χ0v) is 10.2. The van der Waals surface area contributed by atoms with E-state index < -0.39 is 0 Å². The molecule has 4 N–H and O–H groups in total. The lowest BCUT2D eigenvalue weighted by atomic mass is 10.3. The molecule has 0 aliphatic carbocycles. The number of nitrogens with two attached hydrogens (primary N) is 1. The Morgan fingerprint density at radius 3 is 3.06 bits per heavy atom. The second-order valence-corrected chi connectivity index (χ2v) is 4.16. The van der Waals surface area contributed by atoms with Crippen LogP contribution in [0.4, 0.5) is 5.69 Å². The maximum absolute atomic E-state index is 8.55. The molecule has 0 fully saturated rings. The highest BCUT2D eigenvalue weighted by Crippen LogP contribution is 2.20. The van der Waals surface area contributed by atoms with Gasteiger partial charge in [0.25, 0.3) is 0 Å². The topological polar surface area (TPSA) is 73.9 Å². The van der Waals surface area contributed by atoms with E-state index in [2.05, 4.69) is 10.6 Å². The van der Waals surface area contributed by atoms with Gasteiger partial charge < -0.3 is 16.4 Å². The molecule has 1 aromatic carbocycles. The first-order valence-corrected chi connectivity index (χ1v) is 5.89. The molecular formula is C10H12N4S2. The Morgan fingerprint density at radius 1 is 1.56 bits per heavy atom. The fourth-order valence-electron chi connectivity index (χ4n) is 1.05. The SMILES string of the molecule is N#CSc1cccc(NC(=S)NCCN)c1. The van der Waals surface area contributed by atoms with Gasteiger partial charge in [-0.1, -0.05) is 6.07 Å². The fourth-order valence-corrected chi connectivity index (χ4v) is 1.71. The molecule has 0 saturated heterocycles. The molecule has 0 aliphatic rings. The molecule has 0 saturated carbocycles. The molecule has 84 valence electrons. The van der Waals surface area contributed by atoms with Crippen molar-refractivity contribution in [2.45, 2.75) is 4.90 Å². The molecule has 0 aliphatic heterocycles. The zero-order valence-electron chi connectivity index (χ0n) is 8.56. The Bertz CT molecular complexity index is 400. The quantitative estimate of drug-likeness (QED) is 0.428. The lowest BCUT2D eigenvalue weighted by molar-refractivity contribution is 0.883. The van der Waals surface area contributed by atoms with Crippen molar-refractivity contribution in [1.82, 2.24) is 5.32 Å². The fraction of sp³-hybridized carbons (Fsp3) is 0.200. The van der Waals surface area contributed by atoms with Crippen LogP contribution in [-0.4, -0.2) is 18.2 Å². The van der Waals surface area contributed by atoms with Gasteiger partial charge >= 0.3 is 0 Å². The van der Waals surface area contributed by atoms with Gasteiger partial charge in [-0.3, -0.25) is 0 Å². The summed E-state index contributed by atoms with van der Waals surface area (Å²) in [5, 5.41) is 17.1. The van der Waals surface area contributed by atoms with Crippen molar-refractivity contribution >= 4 is 34.8 Å². The highest BCUT2D eigenvalue weighted by molar-refractivity contribution is 8.03. The van der Waals surface area contributed by atoms with E-state index in [1.165, 1.54) is 0 Å². The van der Waals surface area contributed by atoms with Gasteiger partial charge in [0, 0.05) is 23.7 Å². The van der Waals surface area contributed by atoms with Crippen LogP contribution in [-0.2, 0) is 0 Å². The number of hydrogen-bond acceptors (Lipinski definition) is 4. The van der Waals surface area contributed by atoms with Crippen LogP contribution in [0.15, 0.2) is 29.2 Å². The number of benzene rings is 1. The summed E-state index contributed by atoms with van der Waals surface area (Å²) in [7, 11) is 0. The molecule has 0 aromatic heterocycles. The van der Waals surface area contributed by atoms with Gasteiger partial charge in [0.15, 0.2) is 5.11 Å². The lowest BCUT2D eigenvalue weighted by Crippen LogP contribution is -2.32. The number of nitrogens with zero attached hydrogens (tertiary/aromatic N) is 1. The van der Waals surface area contributed by atoms with Crippen molar-refractivity contribution in [3.8, 4) is 5.40 Å². The van der Waals surface area contributed by atoms with Crippen LogP contribution in [0.3, 0.4) is 0 Å². The van der Waals surface area contributed by atoms with Crippen molar-refractivity contribution in [2.24, 2.45) is 5.73 Å². The number of thiocarbonyl (C=S) groups is 1. The molecule has 1 aromatic rings. The van der Waals surface area contributed by atoms with E-state index in [4.69, 9.17) is 23.2 Å². The molecule has 1 rings (SSSR count). The summed E-state index contributed by atoms with van der Waals surface area (Å²) in [5.41, 5.74) is 6.20.